The molecule has 5 rings (SSSR count). The van der Waals surface area contributed by atoms with E-state index < -0.39 is 5.92 Å². The van der Waals surface area contributed by atoms with Gasteiger partial charge in [-0.25, -0.2) is 0 Å². The van der Waals surface area contributed by atoms with E-state index in [9.17, 15) is 4.79 Å². The zero-order valence-corrected chi connectivity index (χ0v) is 19.8. The van der Waals surface area contributed by atoms with Crippen LogP contribution in [0, 0.1) is 12.8 Å². The molecule has 4 aromatic carbocycles. The number of benzene rings is 4. The summed E-state index contributed by atoms with van der Waals surface area (Å²) in [5.74, 6) is -0.454. The van der Waals surface area contributed by atoms with Crippen molar-refractivity contribution in [3.8, 4) is 0 Å². The van der Waals surface area contributed by atoms with Crippen LogP contribution in [0.4, 0.5) is 5.69 Å². The second-order valence-electron chi connectivity index (χ2n) is 8.89. The number of hydrogen-bond donors (Lipinski definition) is 1. The summed E-state index contributed by atoms with van der Waals surface area (Å²) in [4.78, 5) is 13.8. The van der Waals surface area contributed by atoms with Gasteiger partial charge in [0.1, 0.15) is 5.92 Å². The number of rotatable bonds is 7. The molecule has 0 fully saturated rings. The SMILES string of the molecule is Cc1ccc(CCNC(=O)C2C(c3ccccc3)=NN(c3ccccc3)C2c2ccccc2)cc1. The molecule has 0 saturated carbocycles. The average Bonchev–Trinajstić information content (AvgIpc) is 3.32. The quantitative estimate of drug-likeness (QED) is 0.372. The van der Waals surface area contributed by atoms with E-state index in [1.54, 1.807) is 0 Å². The van der Waals surface area contributed by atoms with Gasteiger partial charge < -0.3 is 5.32 Å². The topological polar surface area (TPSA) is 44.7 Å². The van der Waals surface area contributed by atoms with Gasteiger partial charge in [-0.3, -0.25) is 9.80 Å². The van der Waals surface area contributed by atoms with Crippen molar-refractivity contribution in [2.75, 3.05) is 11.6 Å². The maximum absolute atomic E-state index is 13.8. The Bertz CT molecular complexity index is 1290. The lowest BCUT2D eigenvalue weighted by molar-refractivity contribution is -0.123. The smallest absolute Gasteiger partial charge is 0.231 e. The Balaban J connectivity index is 1.48. The second kappa shape index (κ2) is 10.4. The van der Waals surface area contributed by atoms with E-state index in [2.05, 4.69) is 48.6 Å². The highest BCUT2D eigenvalue weighted by molar-refractivity contribution is 6.15. The van der Waals surface area contributed by atoms with Crippen molar-refractivity contribution >= 4 is 17.3 Å². The number of carbonyl (C=O) groups excluding carboxylic acids is 1. The first-order valence-electron chi connectivity index (χ1n) is 12.1. The van der Waals surface area contributed by atoms with Crippen molar-refractivity contribution < 1.29 is 4.79 Å². The van der Waals surface area contributed by atoms with Gasteiger partial charge in [0.15, 0.2) is 0 Å². The molecular formula is C31H29N3O. The number of nitrogens with one attached hydrogen (secondary N) is 1. The molecule has 2 atom stereocenters. The molecular weight excluding hydrogens is 430 g/mol. The summed E-state index contributed by atoms with van der Waals surface area (Å²) in [5.41, 5.74) is 6.22. The highest BCUT2D eigenvalue weighted by Crippen LogP contribution is 2.40. The first-order valence-corrected chi connectivity index (χ1v) is 12.1. The molecule has 0 aromatic heterocycles. The zero-order valence-electron chi connectivity index (χ0n) is 19.8. The van der Waals surface area contributed by atoms with Crippen LogP contribution in [0.25, 0.3) is 0 Å². The molecule has 2 unspecified atom stereocenters. The summed E-state index contributed by atoms with van der Waals surface area (Å²) in [6.07, 6.45) is 0.787. The van der Waals surface area contributed by atoms with E-state index in [0.717, 1.165) is 28.9 Å². The van der Waals surface area contributed by atoms with Crippen LogP contribution in [0.3, 0.4) is 0 Å². The van der Waals surface area contributed by atoms with Crippen LogP contribution in [-0.2, 0) is 11.2 Å². The van der Waals surface area contributed by atoms with Crippen LogP contribution in [0.5, 0.6) is 0 Å². The molecule has 0 radical (unpaired) electrons. The van der Waals surface area contributed by atoms with E-state index in [1.165, 1.54) is 11.1 Å². The van der Waals surface area contributed by atoms with Gasteiger partial charge in [-0.15, -0.1) is 0 Å². The highest BCUT2D eigenvalue weighted by Gasteiger charge is 2.44. The van der Waals surface area contributed by atoms with Gasteiger partial charge in [-0.1, -0.05) is 109 Å². The summed E-state index contributed by atoms with van der Waals surface area (Å²) in [7, 11) is 0. The molecule has 0 spiro atoms. The largest absolute Gasteiger partial charge is 0.355 e. The van der Waals surface area contributed by atoms with Crippen LogP contribution in [-0.4, -0.2) is 18.2 Å². The van der Waals surface area contributed by atoms with Crippen molar-refractivity contribution in [1.82, 2.24) is 5.32 Å². The van der Waals surface area contributed by atoms with Crippen LogP contribution in [0.2, 0.25) is 0 Å². The number of aryl methyl sites for hydroxylation is 1. The van der Waals surface area contributed by atoms with Crippen molar-refractivity contribution in [2.45, 2.75) is 19.4 Å². The molecule has 4 aromatic rings. The summed E-state index contributed by atoms with van der Waals surface area (Å²) in [6.45, 7) is 2.66. The van der Waals surface area contributed by atoms with Crippen LogP contribution >= 0.6 is 0 Å². The minimum atomic E-state index is -0.446. The maximum atomic E-state index is 13.8. The number of nitrogens with zero attached hydrogens (tertiary/aromatic N) is 2. The first-order chi connectivity index (χ1) is 17.2. The van der Waals surface area contributed by atoms with E-state index >= 15 is 0 Å². The Morgan fingerprint density at radius 2 is 1.40 bits per heavy atom. The molecule has 1 amide bonds. The Labute approximate surface area is 206 Å². The second-order valence-corrected chi connectivity index (χ2v) is 8.89. The maximum Gasteiger partial charge on any atom is 0.231 e. The van der Waals surface area contributed by atoms with Gasteiger partial charge in [-0.2, -0.15) is 5.10 Å². The standard InChI is InChI=1S/C31H29N3O/c1-23-17-19-24(20-18-23)21-22-32-31(35)28-29(25-11-5-2-6-12-25)33-34(27-15-9-4-10-16-27)30(28)26-13-7-3-8-14-26/h2-20,28,30H,21-22H2,1H3,(H,32,35). The monoisotopic (exact) mass is 459 g/mol. The third kappa shape index (κ3) is 5.02. The summed E-state index contributed by atoms with van der Waals surface area (Å²) >= 11 is 0. The van der Waals surface area contributed by atoms with E-state index in [0.29, 0.717) is 6.54 Å². The molecule has 1 N–H and O–H groups in total. The van der Waals surface area contributed by atoms with Gasteiger partial charge in [-0.05, 0) is 42.2 Å². The van der Waals surface area contributed by atoms with Gasteiger partial charge in [0, 0.05) is 6.54 Å². The molecule has 174 valence electrons. The van der Waals surface area contributed by atoms with E-state index in [4.69, 9.17) is 5.10 Å². The number of hydrogen-bond acceptors (Lipinski definition) is 3. The van der Waals surface area contributed by atoms with Crippen molar-refractivity contribution in [1.29, 1.82) is 0 Å². The Morgan fingerprint density at radius 3 is 2.06 bits per heavy atom. The minimum absolute atomic E-state index is 0.00741. The molecule has 0 bridgehead atoms. The van der Waals surface area contributed by atoms with Crippen molar-refractivity contribution in [2.24, 2.45) is 11.0 Å². The molecule has 0 aliphatic carbocycles. The fourth-order valence-corrected chi connectivity index (χ4v) is 4.62. The molecule has 35 heavy (non-hydrogen) atoms. The van der Waals surface area contributed by atoms with Crippen molar-refractivity contribution in [3.05, 3.63) is 138 Å². The number of anilines is 1. The van der Waals surface area contributed by atoms with Gasteiger partial charge >= 0.3 is 0 Å². The minimum Gasteiger partial charge on any atom is -0.355 e. The summed E-state index contributed by atoms with van der Waals surface area (Å²) in [5, 5.41) is 10.3. The summed E-state index contributed by atoms with van der Waals surface area (Å²) in [6, 6.07) is 38.5. The third-order valence-corrected chi connectivity index (χ3v) is 6.44. The van der Waals surface area contributed by atoms with Crippen LogP contribution < -0.4 is 10.3 Å². The Kier molecular flexibility index (Phi) is 6.71. The molecule has 1 heterocycles. The predicted molar refractivity (Wildman–Crippen MR) is 142 cm³/mol. The zero-order chi connectivity index (χ0) is 24.0. The lowest BCUT2D eigenvalue weighted by Crippen LogP contribution is -2.40. The number of para-hydroxylation sites is 1. The highest BCUT2D eigenvalue weighted by atomic mass is 16.2. The molecule has 1 aliphatic rings. The van der Waals surface area contributed by atoms with E-state index in [-0.39, 0.29) is 11.9 Å². The van der Waals surface area contributed by atoms with Gasteiger partial charge in [0.2, 0.25) is 5.91 Å². The normalized spacial score (nSPS) is 17.2. The summed E-state index contributed by atoms with van der Waals surface area (Å²) < 4.78 is 0. The lowest BCUT2D eigenvalue weighted by atomic mass is 9.86. The van der Waals surface area contributed by atoms with Crippen LogP contribution in [0.1, 0.15) is 28.3 Å². The fourth-order valence-electron chi connectivity index (χ4n) is 4.62. The fraction of sp³-hybridized carbons (Fsp3) is 0.161. The average molecular weight is 460 g/mol. The predicted octanol–water partition coefficient (Wildman–Crippen LogP) is 5.94. The first kappa shape index (κ1) is 22.6. The lowest BCUT2D eigenvalue weighted by Gasteiger charge is -2.28. The number of hydrazone groups is 1. The van der Waals surface area contributed by atoms with E-state index in [1.807, 2.05) is 83.9 Å². The number of amides is 1. The molecule has 1 aliphatic heterocycles. The molecule has 0 saturated heterocycles. The third-order valence-electron chi connectivity index (χ3n) is 6.44. The van der Waals surface area contributed by atoms with Crippen LogP contribution in [0.15, 0.2) is 120 Å². The van der Waals surface area contributed by atoms with Crippen molar-refractivity contribution in [3.63, 3.8) is 0 Å². The Morgan fingerprint density at radius 1 is 0.800 bits per heavy atom. The van der Waals surface area contributed by atoms with Gasteiger partial charge in [0.05, 0.1) is 17.4 Å². The molecule has 4 nitrogen and oxygen atoms in total. The Hall–Kier alpha value is -4.18. The van der Waals surface area contributed by atoms with Gasteiger partial charge in [0.25, 0.3) is 0 Å². The number of carbonyl (C=O) groups is 1. The molecule has 4 heteroatoms.